The number of hydrogen-bond acceptors (Lipinski definition) is 8. The molecule has 9 nitrogen and oxygen atoms in total. The first kappa shape index (κ1) is 26.4. The lowest BCUT2D eigenvalue weighted by molar-refractivity contribution is -0.259. The van der Waals surface area contributed by atoms with Gasteiger partial charge in [0.05, 0.1) is 12.2 Å². The van der Waals surface area contributed by atoms with E-state index in [1.807, 2.05) is 6.92 Å². The van der Waals surface area contributed by atoms with Gasteiger partial charge in [0.15, 0.2) is 6.23 Å². The van der Waals surface area contributed by atoms with Crippen molar-refractivity contribution in [2.75, 3.05) is 6.54 Å². The Labute approximate surface area is 189 Å². The molecule has 182 valence electrons. The summed E-state index contributed by atoms with van der Waals surface area (Å²) in [5.41, 5.74) is 6.58. The minimum atomic E-state index is -2.20. The molecule has 0 spiro atoms. The SMILES string of the molecule is C/C(=C\C(C)C(C)O)C(N)OC(=O)C1CCCCN1C(=O)C(=O)C1(O)OC(C)CCC1C. The smallest absolute Gasteiger partial charge is 0.330 e. The molecule has 2 aliphatic heterocycles. The molecule has 7 unspecified atom stereocenters. The van der Waals surface area contributed by atoms with Crippen LogP contribution in [-0.4, -0.2) is 69.6 Å². The van der Waals surface area contributed by atoms with E-state index < -0.39 is 47.7 Å². The molecule has 7 atom stereocenters. The Morgan fingerprint density at radius 1 is 1.19 bits per heavy atom. The molecule has 9 heteroatoms. The van der Waals surface area contributed by atoms with E-state index in [1.165, 1.54) is 4.90 Å². The fourth-order valence-electron chi connectivity index (χ4n) is 4.09. The third-order valence-electron chi connectivity index (χ3n) is 6.59. The summed E-state index contributed by atoms with van der Waals surface area (Å²) in [4.78, 5) is 40.1. The van der Waals surface area contributed by atoms with Crippen molar-refractivity contribution in [1.29, 1.82) is 0 Å². The summed E-state index contributed by atoms with van der Waals surface area (Å²) in [7, 11) is 0. The molecular formula is C23H38N2O7. The van der Waals surface area contributed by atoms with Crippen LogP contribution in [0.5, 0.6) is 0 Å². The maximum atomic E-state index is 13.1. The molecule has 0 aromatic heterocycles. The van der Waals surface area contributed by atoms with Crippen molar-refractivity contribution in [3.05, 3.63) is 11.6 Å². The van der Waals surface area contributed by atoms with Gasteiger partial charge >= 0.3 is 5.97 Å². The van der Waals surface area contributed by atoms with Gasteiger partial charge in [-0.15, -0.1) is 0 Å². The number of carbonyl (C=O) groups excluding carboxylic acids is 3. The van der Waals surface area contributed by atoms with Crippen LogP contribution in [0.1, 0.15) is 66.7 Å². The zero-order valence-corrected chi connectivity index (χ0v) is 19.7. The lowest BCUT2D eigenvalue weighted by Gasteiger charge is -2.41. The molecule has 2 rings (SSSR count). The Bertz CT molecular complexity index is 738. The second kappa shape index (κ2) is 10.9. The molecule has 0 bridgehead atoms. The third kappa shape index (κ3) is 5.95. The van der Waals surface area contributed by atoms with Crippen molar-refractivity contribution in [2.45, 2.75) is 97.0 Å². The Morgan fingerprint density at radius 3 is 2.47 bits per heavy atom. The number of nitrogens with zero attached hydrogens (tertiary/aromatic N) is 1. The second-order valence-electron chi connectivity index (χ2n) is 9.31. The van der Waals surface area contributed by atoms with E-state index in [0.717, 1.165) is 0 Å². The summed E-state index contributed by atoms with van der Waals surface area (Å²) >= 11 is 0. The molecule has 0 saturated carbocycles. The summed E-state index contributed by atoms with van der Waals surface area (Å²) in [6, 6.07) is -0.965. The average molecular weight is 455 g/mol. The number of ketones is 1. The van der Waals surface area contributed by atoms with Gasteiger partial charge in [0.25, 0.3) is 11.7 Å². The maximum absolute atomic E-state index is 13.1. The van der Waals surface area contributed by atoms with Gasteiger partial charge in [0.2, 0.25) is 5.79 Å². The summed E-state index contributed by atoms with van der Waals surface area (Å²) in [6.45, 7) is 8.78. The normalized spacial score (nSPS) is 32.1. The fraction of sp³-hybridized carbons (Fsp3) is 0.783. The fourth-order valence-corrected chi connectivity index (χ4v) is 4.09. The molecule has 0 radical (unpaired) electrons. The first-order valence-corrected chi connectivity index (χ1v) is 11.5. The van der Waals surface area contributed by atoms with Crippen LogP contribution >= 0.6 is 0 Å². The quantitative estimate of drug-likeness (QED) is 0.226. The van der Waals surface area contributed by atoms with Crippen LogP contribution < -0.4 is 5.73 Å². The first-order chi connectivity index (χ1) is 14.9. The summed E-state index contributed by atoms with van der Waals surface area (Å²) in [6.07, 6.45) is 2.65. The van der Waals surface area contributed by atoms with Gasteiger partial charge in [0.1, 0.15) is 6.04 Å². The Kier molecular flexibility index (Phi) is 8.98. The highest BCUT2D eigenvalue weighted by molar-refractivity contribution is 6.39. The predicted octanol–water partition coefficient (Wildman–Crippen LogP) is 1.25. The number of aliphatic hydroxyl groups excluding tert-OH is 1. The van der Waals surface area contributed by atoms with Crippen LogP contribution in [0.4, 0.5) is 0 Å². The molecule has 0 aliphatic carbocycles. The average Bonchev–Trinajstić information content (AvgIpc) is 2.75. The molecule has 2 aliphatic rings. The van der Waals surface area contributed by atoms with Crippen LogP contribution in [0.2, 0.25) is 0 Å². The standard InChI is InChI=1S/C23H38N2O7/c1-13(17(5)26)12-14(2)20(24)31-22(29)18-8-6-7-11-25(18)21(28)19(27)23(30)15(3)9-10-16(4)32-23/h12-13,15-18,20,26,30H,6-11,24H2,1-5H3/b14-12+. The van der Waals surface area contributed by atoms with Crippen LogP contribution in [0.25, 0.3) is 0 Å². The zero-order valence-electron chi connectivity index (χ0n) is 19.7. The van der Waals surface area contributed by atoms with E-state index in [4.69, 9.17) is 15.2 Å². The number of likely N-dealkylation sites (tertiary alicyclic amines) is 1. The van der Waals surface area contributed by atoms with Gasteiger partial charge in [-0.2, -0.15) is 0 Å². The van der Waals surface area contributed by atoms with Gasteiger partial charge < -0.3 is 24.6 Å². The minimum Gasteiger partial charge on any atom is -0.441 e. The molecule has 2 fully saturated rings. The van der Waals surface area contributed by atoms with E-state index in [0.29, 0.717) is 37.7 Å². The van der Waals surface area contributed by atoms with Gasteiger partial charge in [-0.05, 0) is 58.4 Å². The van der Waals surface area contributed by atoms with Gasteiger partial charge in [0, 0.05) is 18.4 Å². The molecule has 0 aromatic rings. The first-order valence-electron chi connectivity index (χ1n) is 11.5. The predicted molar refractivity (Wildman–Crippen MR) is 117 cm³/mol. The van der Waals surface area contributed by atoms with E-state index >= 15 is 0 Å². The Balaban J connectivity index is 2.13. The van der Waals surface area contributed by atoms with E-state index in [-0.39, 0.29) is 18.6 Å². The molecule has 4 N–H and O–H groups in total. The highest BCUT2D eigenvalue weighted by Crippen LogP contribution is 2.34. The number of aliphatic hydroxyl groups is 2. The number of esters is 1. The lowest BCUT2D eigenvalue weighted by Crippen LogP contribution is -2.60. The van der Waals surface area contributed by atoms with Crippen LogP contribution in [0, 0.1) is 11.8 Å². The van der Waals surface area contributed by atoms with Crippen molar-refractivity contribution in [3.63, 3.8) is 0 Å². The lowest BCUT2D eigenvalue weighted by atomic mass is 9.87. The Morgan fingerprint density at radius 2 is 1.84 bits per heavy atom. The third-order valence-corrected chi connectivity index (χ3v) is 6.59. The second-order valence-corrected chi connectivity index (χ2v) is 9.31. The van der Waals surface area contributed by atoms with Gasteiger partial charge in [-0.25, -0.2) is 4.79 Å². The topological polar surface area (TPSA) is 139 Å². The molecule has 2 heterocycles. The molecule has 2 saturated heterocycles. The minimum absolute atomic E-state index is 0.175. The zero-order chi connectivity index (χ0) is 24.2. The largest absolute Gasteiger partial charge is 0.441 e. The highest BCUT2D eigenvalue weighted by atomic mass is 16.6. The van der Waals surface area contributed by atoms with Crippen molar-refractivity contribution in [2.24, 2.45) is 17.6 Å². The monoisotopic (exact) mass is 454 g/mol. The number of piperidine rings is 1. The number of carbonyl (C=O) groups is 3. The summed E-state index contributed by atoms with van der Waals surface area (Å²) < 4.78 is 10.9. The van der Waals surface area contributed by atoms with E-state index in [2.05, 4.69) is 0 Å². The van der Waals surface area contributed by atoms with Crippen LogP contribution in [0.15, 0.2) is 11.6 Å². The van der Waals surface area contributed by atoms with Gasteiger partial charge in [-0.1, -0.05) is 19.9 Å². The number of nitrogens with two attached hydrogens (primary N) is 1. The van der Waals surface area contributed by atoms with Crippen molar-refractivity contribution < 1.29 is 34.1 Å². The number of Topliss-reactive ketones (excluding diaryl/α,β-unsaturated/α-hetero) is 1. The summed E-state index contributed by atoms with van der Waals surface area (Å²) in [5.74, 6) is -5.61. The van der Waals surface area contributed by atoms with E-state index in [1.54, 1.807) is 33.8 Å². The van der Waals surface area contributed by atoms with Crippen LogP contribution in [0.3, 0.4) is 0 Å². The van der Waals surface area contributed by atoms with Crippen molar-refractivity contribution >= 4 is 17.7 Å². The highest BCUT2D eigenvalue weighted by Gasteiger charge is 2.52. The molecule has 32 heavy (non-hydrogen) atoms. The molecular weight excluding hydrogens is 416 g/mol. The number of amides is 1. The number of rotatable bonds is 7. The van der Waals surface area contributed by atoms with E-state index in [9.17, 15) is 24.6 Å². The molecule has 0 aromatic carbocycles. The summed E-state index contributed by atoms with van der Waals surface area (Å²) in [5, 5.41) is 20.5. The maximum Gasteiger partial charge on any atom is 0.330 e. The Hall–Kier alpha value is -1.81. The van der Waals surface area contributed by atoms with Crippen LogP contribution in [-0.2, 0) is 23.9 Å². The van der Waals surface area contributed by atoms with Crippen molar-refractivity contribution in [1.82, 2.24) is 4.90 Å². The number of hydrogen-bond donors (Lipinski definition) is 3. The van der Waals surface area contributed by atoms with Crippen molar-refractivity contribution in [3.8, 4) is 0 Å². The molecule has 1 amide bonds. The number of ether oxygens (including phenoxy) is 2. The van der Waals surface area contributed by atoms with Gasteiger partial charge in [-0.3, -0.25) is 15.3 Å².